The molecule has 0 aliphatic rings. The second-order valence-electron chi connectivity index (χ2n) is 6.57. The fourth-order valence-electron chi connectivity index (χ4n) is 3.47. The summed E-state index contributed by atoms with van der Waals surface area (Å²) in [4.78, 5) is 29.6. The van der Waals surface area contributed by atoms with Gasteiger partial charge in [-0.15, -0.1) is 0 Å². The number of fused-ring (bicyclic) bond motifs is 1. The lowest BCUT2D eigenvalue weighted by molar-refractivity contribution is 0.0969. The highest BCUT2D eigenvalue weighted by Gasteiger charge is 2.20. The van der Waals surface area contributed by atoms with E-state index in [0.717, 1.165) is 11.4 Å². The van der Waals surface area contributed by atoms with Gasteiger partial charge in [-0.05, 0) is 26.8 Å². The number of ketones is 1. The first kappa shape index (κ1) is 18.1. The van der Waals surface area contributed by atoms with Gasteiger partial charge in [-0.2, -0.15) is 5.10 Å². The molecule has 0 saturated heterocycles. The van der Waals surface area contributed by atoms with Crippen LogP contribution >= 0.6 is 0 Å². The third-order valence-electron chi connectivity index (χ3n) is 4.67. The lowest BCUT2D eigenvalue weighted by Gasteiger charge is -2.17. The van der Waals surface area contributed by atoms with E-state index in [4.69, 9.17) is 4.74 Å². The summed E-state index contributed by atoms with van der Waals surface area (Å²) >= 11 is 0. The molecular formula is C18H23N5O3. The van der Waals surface area contributed by atoms with E-state index < -0.39 is 0 Å². The molecule has 0 spiro atoms. The smallest absolute Gasteiger partial charge is 0.264 e. The summed E-state index contributed by atoms with van der Waals surface area (Å²) in [7, 11) is 3.38. The van der Waals surface area contributed by atoms with Crippen LogP contribution in [0.15, 0.2) is 23.4 Å². The monoisotopic (exact) mass is 357 g/mol. The van der Waals surface area contributed by atoms with Gasteiger partial charge in [-0.1, -0.05) is 0 Å². The van der Waals surface area contributed by atoms with E-state index in [0.29, 0.717) is 23.2 Å². The second kappa shape index (κ2) is 6.87. The topological polar surface area (TPSA) is 83.9 Å². The molecule has 8 heteroatoms. The third kappa shape index (κ3) is 2.96. The van der Waals surface area contributed by atoms with Gasteiger partial charge in [0.25, 0.3) is 5.56 Å². The molecule has 0 radical (unpaired) electrons. The van der Waals surface area contributed by atoms with Gasteiger partial charge in [0.15, 0.2) is 11.4 Å². The van der Waals surface area contributed by atoms with Gasteiger partial charge < -0.3 is 9.30 Å². The fraction of sp³-hybridized carbons (Fsp3) is 0.444. The van der Waals surface area contributed by atoms with E-state index in [1.807, 2.05) is 26.8 Å². The molecule has 0 bridgehead atoms. The van der Waals surface area contributed by atoms with Gasteiger partial charge in [-0.25, -0.2) is 4.98 Å². The zero-order valence-corrected chi connectivity index (χ0v) is 15.7. The Morgan fingerprint density at radius 3 is 2.77 bits per heavy atom. The first-order chi connectivity index (χ1) is 12.3. The number of aryl methyl sites for hydroxylation is 2. The maximum Gasteiger partial charge on any atom is 0.264 e. The van der Waals surface area contributed by atoms with Gasteiger partial charge in [0, 0.05) is 31.1 Å². The van der Waals surface area contributed by atoms with Crippen LogP contribution in [-0.4, -0.2) is 43.4 Å². The number of hydrogen-bond donors (Lipinski definition) is 0. The Morgan fingerprint density at radius 1 is 1.35 bits per heavy atom. The van der Waals surface area contributed by atoms with Crippen LogP contribution in [0.3, 0.4) is 0 Å². The first-order valence-electron chi connectivity index (χ1n) is 8.42. The number of Topliss-reactive ketones (excluding diaryl/α,β-unsaturated/α-hetero) is 1. The largest absolute Gasteiger partial charge is 0.383 e. The molecule has 3 heterocycles. The van der Waals surface area contributed by atoms with Crippen molar-refractivity contribution in [1.29, 1.82) is 0 Å². The van der Waals surface area contributed by atoms with Gasteiger partial charge in [0.05, 0.1) is 25.4 Å². The number of hydrogen-bond acceptors (Lipinski definition) is 5. The van der Waals surface area contributed by atoms with Crippen molar-refractivity contribution >= 4 is 16.8 Å². The lowest BCUT2D eigenvalue weighted by atomic mass is 10.1. The Kier molecular flexibility index (Phi) is 4.78. The van der Waals surface area contributed by atoms with E-state index in [9.17, 15) is 9.59 Å². The molecule has 26 heavy (non-hydrogen) atoms. The standard InChI is InChI=1S/C18H23N5O3/c1-11-6-14(13(3)23(11)12(2)9-26-5)16(24)8-22-10-19-17-15(18(22)25)7-20-21(17)4/h6-7,10,12H,8-9H2,1-5H3. The highest BCUT2D eigenvalue weighted by molar-refractivity contribution is 5.97. The molecule has 0 N–H and O–H groups in total. The van der Waals surface area contributed by atoms with Gasteiger partial charge in [0.1, 0.15) is 11.7 Å². The number of carbonyl (C=O) groups is 1. The molecule has 0 aromatic carbocycles. The lowest BCUT2D eigenvalue weighted by Crippen LogP contribution is -2.25. The summed E-state index contributed by atoms with van der Waals surface area (Å²) in [6.45, 7) is 6.43. The van der Waals surface area contributed by atoms with Gasteiger partial charge in [0.2, 0.25) is 0 Å². The summed E-state index contributed by atoms with van der Waals surface area (Å²) in [5, 5.41) is 4.45. The van der Waals surface area contributed by atoms with E-state index in [1.54, 1.807) is 14.2 Å². The highest BCUT2D eigenvalue weighted by Crippen LogP contribution is 2.21. The van der Waals surface area contributed by atoms with Crippen LogP contribution in [0.1, 0.15) is 34.7 Å². The Hall–Kier alpha value is -2.74. The Morgan fingerprint density at radius 2 is 2.08 bits per heavy atom. The number of carbonyl (C=O) groups excluding carboxylic acids is 1. The van der Waals surface area contributed by atoms with E-state index in [1.165, 1.54) is 21.8 Å². The van der Waals surface area contributed by atoms with Crippen LogP contribution in [0.2, 0.25) is 0 Å². The Bertz CT molecular complexity index is 1030. The molecule has 0 aliphatic carbocycles. The minimum atomic E-state index is -0.266. The number of nitrogens with zero attached hydrogens (tertiary/aromatic N) is 5. The fourth-order valence-corrected chi connectivity index (χ4v) is 3.47. The molecule has 3 rings (SSSR count). The average molecular weight is 357 g/mol. The van der Waals surface area contributed by atoms with Crippen LogP contribution in [0, 0.1) is 13.8 Å². The Labute approximate surface area is 151 Å². The van der Waals surface area contributed by atoms with Crippen molar-refractivity contribution in [3.63, 3.8) is 0 Å². The average Bonchev–Trinajstić information content (AvgIpc) is 3.11. The van der Waals surface area contributed by atoms with Crippen LogP contribution in [0.4, 0.5) is 0 Å². The minimum Gasteiger partial charge on any atom is -0.383 e. The van der Waals surface area contributed by atoms with E-state index in [-0.39, 0.29) is 23.9 Å². The summed E-state index contributed by atoms with van der Waals surface area (Å²) < 4.78 is 10.2. The summed E-state index contributed by atoms with van der Waals surface area (Å²) in [6.07, 6.45) is 2.88. The molecule has 138 valence electrons. The van der Waals surface area contributed by atoms with Crippen molar-refractivity contribution in [3.8, 4) is 0 Å². The Balaban J connectivity index is 1.93. The van der Waals surface area contributed by atoms with Crippen molar-refractivity contribution in [1.82, 2.24) is 23.9 Å². The zero-order chi connectivity index (χ0) is 19.0. The number of methoxy groups -OCH3 is 1. The first-order valence-corrected chi connectivity index (χ1v) is 8.42. The summed E-state index contributed by atoms with van der Waals surface area (Å²) in [5.41, 5.74) is 2.72. The molecule has 1 atom stereocenters. The quantitative estimate of drug-likeness (QED) is 0.626. The van der Waals surface area contributed by atoms with Crippen molar-refractivity contribution < 1.29 is 9.53 Å². The van der Waals surface area contributed by atoms with Crippen molar-refractivity contribution in [2.75, 3.05) is 13.7 Å². The van der Waals surface area contributed by atoms with Crippen LogP contribution in [0.25, 0.3) is 11.0 Å². The van der Waals surface area contributed by atoms with Crippen molar-refractivity contribution in [3.05, 3.63) is 45.9 Å². The molecule has 0 fully saturated rings. The summed E-state index contributed by atoms with van der Waals surface area (Å²) in [6, 6.07) is 1.99. The molecule has 1 unspecified atom stereocenters. The maximum atomic E-state index is 12.8. The molecule has 3 aromatic heterocycles. The predicted octanol–water partition coefficient (Wildman–Crippen LogP) is 1.64. The maximum absolute atomic E-state index is 12.8. The number of rotatable bonds is 6. The SMILES string of the molecule is COCC(C)n1c(C)cc(C(=O)Cn2cnc3c(cnn3C)c2=O)c1C. The zero-order valence-electron chi connectivity index (χ0n) is 15.7. The van der Waals surface area contributed by atoms with Gasteiger partial charge >= 0.3 is 0 Å². The molecule has 8 nitrogen and oxygen atoms in total. The van der Waals surface area contributed by atoms with Crippen LogP contribution in [0.5, 0.6) is 0 Å². The van der Waals surface area contributed by atoms with Crippen LogP contribution < -0.4 is 5.56 Å². The summed E-state index contributed by atoms with van der Waals surface area (Å²) in [5.74, 6) is -0.124. The molecular weight excluding hydrogens is 334 g/mol. The van der Waals surface area contributed by atoms with E-state index >= 15 is 0 Å². The number of ether oxygens (including phenoxy) is 1. The molecule has 0 amide bonds. The van der Waals surface area contributed by atoms with Gasteiger partial charge in [-0.3, -0.25) is 18.8 Å². The van der Waals surface area contributed by atoms with Crippen molar-refractivity contribution in [2.45, 2.75) is 33.4 Å². The molecule has 3 aromatic rings. The molecule has 0 aliphatic heterocycles. The molecule has 0 saturated carbocycles. The number of aromatic nitrogens is 5. The highest BCUT2D eigenvalue weighted by atomic mass is 16.5. The minimum absolute atomic E-state index is 0.0559. The van der Waals surface area contributed by atoms with Crippen LogP contribution in [-0.2, 0) is 18.3 Å². The van der Waals surface area contributed by atoms with Crippen molar-refractivity contribution in [2.24, 2.45) is 7.05 Å². The predicted molar refractivity (Wildman–Crippen MR) is 97.6 cm³/mol. The van der Waals surface area contributed by atoms with E-state index in [2.05, 4.69) is 14.6 Å². The second-order valence-corrected chi connectivity index (χ2v) is 6.57. The third-order valence-corrected chi connectivity index (χ3v) is 4.67. The normalized spacial score (nSPS) is 12.7.